The summed E-state index contributed by atoms with van der Waals surface area (Å²) in [5.41, 5.74) is 2.62. The fourth-order valence-corrected chi connectivity index (χ4v) is 4.68. The van der Waals surface area contributed by atoms with Crippen molar-refractivity contribution in [2.45, 2.75) is 97.4 Å². The normalized spacial score (nSPS) is 39.5. The molecule has 0 spiro atoms. The molecule has 2 heterocycles. The molecule has 2 aliphatic rings. The van der Waals surface area contributed by atoms with Gasteiger partial charge in [-0.1, -0.05) is 67.5 Å². The molecule has 3 N–H and O–H groups in total. The van der Waals surface area contributed by atoms with Gasteiger partial charge in [0.2, 0.25) is 5.91 Å². The average Bonchev–Trinajstić information content (AvgIpc) is 2.82. The van der Waals surface area contributed by atoms with Crippen LogP contribution in [0.5, 0.6) is 0 Å². The molecule has 36 heavy (non-hydrogen) atoms. The SMILES string of the molecule is CN[C@H]1[C@@H](O)C[C@@H](O[C@H]2C/C=C(\C)C/C(C)=C/C=C/CC[C@H](C)CNC(=O)/C=C/C=C/[C@H]2C)O[C@@H]1C. The highest BCUT2D eigenvalue weighted by atomic mass is 16.7. The minimum atomic E-state index is -0.524. The molecular weight excluding hydrogens is 452 g/mol. The molecule has 2 aliphatic heterocycles. The quantitative estimate of drug-likeness (QED) is 0.477. The Balaban J connectivity index is 2.18. The summed E-state index contributed by atoms with van der Waals surface area (Å²) in [6.07, 6.45) is 19.0. The molecule has 6 heteroatoms. The lowest BCUT2D eigenvalue weighted by Gasteiger charge is -2.39. The molecule has 0 aromatic rings. The first-order valence-corrected chi connectivity index (χ1v) is 13.5. The zero-order valence-electron chi connectivity index (χ0n) is 23.1. The maximum atomic E-state index is 12.2. The smallest absolute Gasteiger partial charge is 0.243 e. The van der Waals surface area contributed by atoms with E-state index in [4.69, 9.17) is 9.47 Å². The number of hydrogen-bond donors (Lipinski definition) is 3. The van der Waals surface area contributed by atoms with Crippen molar-refractivity contribution in [1.29, 1.82) is 0 Å². The maximum Gasteiger partial charge on any atom is 0.243 e. The van der Waals surface area contributed by atoms with Crippen LogP contribution in [0.2, 0.25) is 0 Å². The van der Waals surface area contributed by atoms with E-state index in [-0.39, 0.29) is 30.1 Å². The molecule has 7 atom stereocenters. The Morgan fingerprint density at radius 2 is 1.92 bits per heavy atom. The standard InChI is InChI=1S/C30H48N2O4/c1-21-12-8-7-9-13-23(3)20-32-28(34)15-11-10-14-24(4)27(17-16-22(2)18-21)36-29-19-26(33)30(31-6)25(5)35-29/h7-8,10-12,14-16,23-27,29-31,33H,9,13,17-20H2,1-6H3,(H,32,34)/b8-7+,14-10+,15-11+,21-12+,22-16+/t23-,24+,25+,26-,27-,29+,30+/m0/s1. The zero-order chi connectivity index (χ0) is 26.5. The molecule has 0 bridgehead atoms. The van der Waals surface area contributed by atoms with Crippen LogP contribution in [0, 0.1) is 11.8 Å². The summed E-state index contributed by atoms with van der Waals surface area (Å²) in [7, 11) is 1.84. The number of allylic oxidation sites excluding steroid dienone is 7. The molecule has 0 radical (unpaired) electrons. The molecule has 1 fully saturated rings. The van der Waals surface area contributed by atoms with Crippen LogP contribution < -0.4 is 10.6 Å². The van der Waals surface area contributed by atoms with Crippen LogP contribution in [-0.2, 0) is 14.3 Å². The molecule has 1 amide bonds. The van der Waals surface area contributed by atoms with Gasteiger partial charge in [0.15, 0.2) is 6.29 Å². The summed E-state index contributed by atoms with van der Waals surface area (Å²) in [5.74, 6) is 0.435. The van der Waals surface area contributed by atoms with E-state index in [0.717, 1.165) is 25.7 Å². The Labute approximate surface area is 218 Å². The molecule has 0 saturated carbocycles. The number of carbonyl (C=O) groups is 1. The lowest BCUT2D eigenvalue weighted by molar-refractivity contribution is -0.241. The van der Waals surface area contributed by atoms with E-state index >= 15 is 0 Å². The summed E-state index contributed by atoms with van der Waals surface area (Å²) in [6, 6.07) is -0.105. The predicted molar refractivity (Wildman–Crippen MR) is 147 cm³/mol. The van der Waals surface area contributed by atoms with E-state index in [1.54, 1.807) is 12.2 Å². The highest BCUT2D eigenvalue weighted by Gasteiger charge is 2.36. The lowest BCUT2D eigenvalue weighted by Crippen LogP contribution is -2.54. The van der Waals surface area contributed by atoms with Crippen molar-refractivity contribution in [3.63, 3.8) is 0 Å². The fraction of sp³-hybridized carbons (Fsp3) is 0.633. The van der Waals surface area contributed by atoms with Gasteiger partial charge in [-0.05, 0) is 59.4 Å². The Bertz CT molecular complexity index is 817. The Hall–Kier alpha value is -1.99. The van der Waals surface area contributed by atoms with Crippen molar-refractivity contribution in [2.24, 2.45) is 11.8 Å². The number of likely N-dealkylation sites (N-methyl/N-ethyl adjacent to an activating group) is 1. The summed E-state index contributed by atoms with van der Waals surface area (Å²) in [6.45, 7) is 11.2. The van der Waals surface area contributed by atoms with Gasteiger partial charge in [-0.3, -0.25) is 4.79 Å². The molecule has 1 saturated heterocycles. The molecule has 0 aromatic heterocycles. The first kappa shape index (κ1) is 30.2. The van der Waals surface area contributed by atoms with Crippen molar-refractivity contribution in [1.82, 2.24) is 10.6 Å². The number of carbonyl (C=O) groups excluding carboxylic acids is 1. The first-order chi connectivity index (χ1) is 17.2. The van der Waals surface area contributed by atoms with Gasteiger partial charge in [0.05, 0.1) is 24.4 Å². The van der Waals surface area contributed by atoms with Crippen LogP contribution in [0.3, 0.4) is 0 Å². The number of amides is 1. The molecule has 0 aliphatic carbocycles. The van der Waals surface area contributed by atoms with Crippen molar-refractivity contribution in [2.75, 3.05) is 13.6 Å². The topological polar surface area (TPSA) is 79.8 Å². The maximum absolute atomic E-state index is 12.2. The van der Waals surface area contributed by atoms with Crippen LogP contribution in [0.1, 0.15) is 66.7 Å². The highest BCUT2D eigenvalue weighted by molar-refractivity contribution is 5.87. The van der Waals surface area contributed by atoms with E-state index in [2.05, 4.69) is 68.7 Å². The number of ether oxygens (including phenoxy) is 2. The van der Waals surface area contributed by atoms with Gasteiger partial charge >= 0.3 is 0 Å². The fourth-order valence-electron chi connectivity index (χ4n) is 4.68. The molecular formula is C30H48N2O4. The van der Waals surface area contributed by atoms with E-state index in [9.17, 15) is 9.90 Å². The van der Waals surface area contributed by atoms with E-state index < -0.39 is 12.4 Å². The summed E-state index contributed by atoms with van der Waals surface area (Å²) < 4.78 is 12.5. The van der Waals surface area contributed by atoms with Crippen molar-refractivity contribution < 1.29 is 19.4 Å². The van der Waals surface area contributed by atoms with Crippen LogP contribution in [0.25, 0.3) is 0 Å². The van der Waals surface area contributed by atoms with Crippen LogP contribution >= 0.6 is 0 Å². The van der Waals surface area contributed by atoms with Crippen molar-refractivity contribution in [3.05, 3.63) is 59.8 Å². The number of hydrogen-bond acceptors (Lipinski definition) is 5. The molecule has 0 unspecified atom stereocenters. The summed E-state index contributed by atoms with van der Waals surface area (Å²) in [4.78, 5) is 12.2. The van der Waals surface area contributed by atoms with Crippen LogP contribution in [0.4, 0.5) is 0 Å². The van der Waals surface area contributed by atoms with Gasteiger partial charge < -0.3 is 25.2 Å². The van der Waals surface area contributed by atoms with E-state index in [1.807, 2.05) is 20.0 Å². The predicted octanol–water partition coefficient (Wildman–Crippen LogP) is 4.98. The van der Waals surface area contributed by atoms with Gasteiger partial charge in [-0.2, -0.15) is 0 Å². The Morgan fingerprint density at radius 1 is 1.14 bits per heavy atom. The van der Waals surface area contributed by atoms with Crippen molar-refractivity contribution in [3.8, 4) is 0 Å². The van der Waals surface area contributed by atoms with Gasteiger partial charge in [0.1, 0.15) is 0 Å². The second-order valence-electron chi connectivity index (χ2n) is 10.5. The number of aliphatic hydroxyl groups excluding tert-OH is 1. The van der Waals surface area contributed by atoms with E-state index in [1.165, 1.54) is 11.1 Å². The molecule has 0 aromatic carbocycles. The summed E-state index contributed by atoms with van der Waals surface area (Å²) in [5, 5.41) is 16.7. The minimum Gasteiger partial charge on any atom is -0.391 e. The molecule has 202 valence electrons. The van der Waals surface area contributed by atoms with Gasteiger partial charge in [0.25, 0.3) is 0 Å². The van der Waals surface area contributed by atoms with Gasteiger partial charge in [-0.25, -0.2) is 0 Å². The Kier molecular flexibility index (Phi) is 13.4. The van der Waals surface area contributed by atoms with Crippen molar-refractivity contribution >= 4 is 5.91 Å². The Morgan fingerprint density at radius 3 is 2.64 bits per heavy atom. The largest absolute Gasteiger partial charge is 0.391 e. The van der Waals surface area contributed by atoms with Gasteiger partial charge in [-0.15, -0.1) is 0 Å². The van der Waals surface area contributed by atoms with Crippen LogP contribution in [-0.4, -0.2) is 55.2 Å². The van der Waals surface area contributed by atoms with Gasteiger partial charge in [0, 0.05) is 25.0 Å². The lowest BCUT2D eigenvalue weighted by atomic mass is 9.97. The van der Waals surface area contributed by atoms with Crippen LogP contribution in [0.15, 0.2) is 59.8 Å². The highest BCUT2D eigenvalue weighted by Crippen LogP contribution is 2.26. The minimum absolute atomic E-state index is 0.0771. The number of rotatable bonds is 3. The zero-order valence-corrected chi connectivity index (χ0v) is 23.1. The number of nitrogens with one attached hydrogen (secondary N) is 2. The third kappa shape index (κ3) is 11.0. The third-order valence-corrected chi connectivity index (χ3v) is 6.96. The first-order valence-electron chi connectivity index (χ1n) is 13.5. The number of aliphatic hydroxyl groups is 1. The van der Waals surface area contributed by atoms with E-state index in [0.29, 0.717) is 18.9 Å². The molecule has 2 rings (SSSR count). The average molecular weight is 501 g/mol. The molecule has 6 nitrogen and oxygen atoms in total. The second-order valence-corrected chi connectivity index (χ2v) is 10.5. The third-order valence-electron chi connectivity index (χ3n) is 6.96. The summed E-state index contributed by atoms with van der Waals surface area (Å²) >= 11 is 0. The second kappa shape index (κ2) is 16.0. The monoisotopic (exact) mass is 500 g/mol.